The number of fused-ring (bicyclic) bond motifs is 1. The van der Waals surface area contributed by atoms with Crippen molar-refractivity contribution in [3.63, 3.8) is 0 Å². The van der Waals surface area contributed by atoms with E-state index in [1.807, 2.05) is 13.1 Å². The average molecular weight is 246 g/mol. The highest BCUT2D eigenvalue weighted by Crippen LogP contribution is 2.31. The zero-order valence-corrected chi connectivity index (χ0v) is 12.1. The van der Waals surface area contributed by atoms with Crippen molar-refractivity contribution in [3.05, 3.63) is 23.4 Å². The second kappa shape index (κ2) is 3.97. The van der Waals surface area contributed by atoms with Gasteiger partial charge in [0.1, 0.15) is 17.2 Å². The van der Waals surface area contributed by atoms with E-state index < -0.39 is 0 Å². The Kier molecular flexibility index (Phi) is 2.84. The van der Waals surface area contributed by atoms with Crippen molar-refractivity contribution in [3.8, 4) is 0 Å². The van der Waals surface area contributed by atoms with Crippen LogP contribution in [-0.4, -0.2) is 14.4 Å². The Bertz CT molecular complexity index is 588. The Balaban J connectivity index is 2.94. The number of aromatic nitrogens is 3. The molecule has 0 saturated heterocycles. The first-order valence-corrected chi connectivity index (χ1v) is 6.37. The van der Waals surface area contributed by atoms with Crippen LogP contribution < -0.4 is 5.73 Å². The minimum absolute atomic E-state index is 0.0192. The normalized spacial score (nSPS) is 12.6. The molecule has 0 aliphatic heterocycles. The summed E-state index contributed by atoms with van der Waals surface area (Å²) in [5.74, 6) is 1.95. The smallest absolute Gasteiger partial charge is 0.149 e. The van der Waals surface area contributed by atoms with Gasteiger partial charge in [-0.1, -0.05) is 34.6 Å². The molecule has 2 rings (SSSR count). The number of aryl methyl sites for hydroxylation is 1. The number of nitrogens with zero attached hydrogens (tertiary/aromatic N) is 3. The maximum atomic E-state index is 6.05. The number of anilines is 1. The molecular weight excluding hydrogens is 224 g/mol. The molecular formula is C14H22N4. The van der Waals surface area contributed by atoms with Gasteiger partial charge in [-0.3, -0.25) is 4.40 Å². The first-order valence-electron chi connectivity index (χ1n) is 6.37. The maximum absolute atomic E-state index is 6.05. The predicted octanol–water partition coefficient (Wildman–Crippen LogP) is 3.04. The monoisotopic (exact) mass is 246 g/mol. The van der Waals surface area contributed by atoms with Crippen molar-refractivity contribution >= 4 is 11.3 Å². The Morgan fingerprint density at radius 1 is 1.28 bits per heavy atom. The van der Waals surface area contributed by atoms with Crippen LogP contribution in [0.15, 0.2) is 6.20 Å². The summed E-state index contributed by atoms with van der Waals surface area (Å²) >= 11 is 0. The van der Waals surface area contributed by atoms with E-state index in [0.29, 0.717) is 11.7 Å². The Morgan fingerprint density at radius 3 is 2.39 bits per heavy atom. The molecule has 18 heavy (non-hydrogen) atoms. The number of hydrogen-bond donors (Lipinski definition) is 1. The van der Waals surface area contributed by atoms with Crippen LogP contribution in [0.2, 0.25) is 0 Å². The van der Waals surface area contributed by atoms with Crippen LogP contribution in [-0.2, 0) is 5.41 Å². The van der Waals surface area contributed by atoms with Gasteiger partial charge in [-0.05, 0) is 12.8 Å². The van der Waals surface area contributed by atoms with Crippen LogP contribution in [0.1, 0.15) is 57.7 Å². The Labute approximate surface area is 108 Å². The molecule has 0 bridgehead atoms. The van der Waals surface area contributed by atoms with Gasteiger partial charge in [0.25, 0.3) is 0 Å². The lowest BCUT2D eigenvalue weighted by Gasteiger charge is -2.18. The molecule has 0 atom stereocenters. The quantitative estimate of drug-likeness (QED) is 0.841. The number of imidazole rings is 1. The molecule has 0 aromatic carbocycles. The topological polar surface area (TPSA) is 56.2 Å². The fourth-order valence-corrected chi connectivity index (χ4v) is 2.21. The second-order valence-corrected chi connectivity index (χ2v) is 6.19. The molecule has 0 amide bonds. The highest BCUT2D eigenvalue weighted by atomic mass is 15.1. The summed E-state index contributed by atoms with van der Waals surface area (Å²) in [5.41, 5.74) is 9.11. The number of nitrogens with two attached hydrogens (primary N) is 1. The molecule has 0 aliphatic carbocycles. The van der Waals surface area contributed by atoms with Crippen LogP contribution in [0.25, 0.3) is 5.52 Å². The number of nitrogen functional groups attached to an aromatic ring is 1. The molecule has 0 saturated carbocycles. The predicted molar refractivity (Wildman–Crippen MR) is 74.9 cm³/mol. The average Bonchev–Trinajstić information content (AvgIpc) is 2.64. The summed E-state index contributed by atoms with van der Waals surface area (Å²) < 4.78 is 2.15. The summed E-state index contributed by atoms with van der Waals surface area (Å²) in [4.78, 5) is 9.09. The van der Waals surface area contributed by atoms with Gasteiger partial charge in [0.15, 0.2) is 0 Å². The standard InChI is InChI=1S/C14H22N4/c1-8(2)10-11-12(15)16-7-9(3)18(11)13(17-10)14(4,5)6/h7-8H,1-6H3,(H2,15,16). The third kappa shape index (κ3) is 1.85. The third-order valence-corrected chi connectivity index (χ3v) is 3.11. The van der Waals surface area contributed by atoms with Gasteiger partial charge in [0.2, 0.25) is 0 Å². The molecule has 98 valence electrons. The summed E-state index contributed by atoms with van der Waals surface area (Å²) in [6.45, 7) is 12.8. The van der Waals surface area contributed by atoms with Crippen molar-refractivity contribution in [1.82, 2.24) is 14.4 Å². The van der Waals surface area contributed by atoms with Gasteiger partial charge in [-0.15, -0.1) is 0 Å². The van der Waals surface area contributed by atoms with E-state index in [4.69, 9.17) is 10.7 Å². The van der Waals surface area contributed by atoms with E-state index in [1.54, 1.807) is 0 Å². The van der Waals surface area contributed by atoms with Crippen molar-refractivity contribution in [2.45, 2.75) is 52.9 Å². The molecule has 2 heterocycles. The van der Waals surface area contributed by atoms with Crippen molar-refractivity contribution in [2.75, 3.05) is 5.73 Å². The molecule has 0 spiro atoms. The highest BCUT2D eigenvalue weighted by molar-refractivity contribution is 5.70. The molecule has 2 aromatic heterocycles. The minimum Gasteiger partial charge on any atom is -0.382 e. The fraction of sp³-hybridized carbons (Fsp3) is 0.571. The van der Waals surface area contributed by atoms with Gasteiger partial charge in [-0.2, -0.15) is 0 Å². The fourth-order valence-electron chi connectivity index (χ4n) is 2.21. The Hall–Kier alpha value is -1.58. The van der Waals surface area contributed by atoms with E-state index in [-0.39, 0.29) is 5.41 Å². The lowest BCUT2D eigenvalue weighted by Crippen LogP contribution is -2.17. The molecule has 2 N–H and O–H groups in total. The summed E-state index contributed by atoms with van der Waals surface area (Å²) in [6, 6.07) is 0. The van der Waals surface area contributed by atoms with Crippen molar-refractivity contribution in [2.24, 2.45) is 0 Å². The molecule has 4 nitrogen and oxygen atoms in total. The SMILES string of the molecule is Cc1cnc(N)c2c(C(C)C)nc(C(C)(C)C)n12. The van der Waals surface area contributed by atoms with Gasteiger partial charge < -0.3 is 5.73 Å². The zero-order chi connectivity index (χ0) is 13.7. The van der Waals surface area contributed by atoms with E-state index in [0.717, 1.165) is 22.7 Å². The highest BCUT2D eigenvalue weighted by Gasteiger charge is 2.25. The van der Waals surface area contributed by atoms with E-state index in [2.05, 4.69) is 44.0 Å². The molecule has 0 fully saturated rings. The number of rotatable bonds is 1. The van der Waals surface area contributed by atoms with E-state index >= 15 is 0 Å². The van der Waals surface area contributed by atoms with Crippen LogP contribution in [0.4, 0.5) is 5.82 Å². The first kappa shape index (κ1) is 12.9. The van der Waals surface area contributed by atoms with Crippen LogP contribution in [0.3, 0.4) is 0 Å². The van der Waals surface area contributed by atoms with Gasteiger partial charge >= 0.3 is 0 Å². The summed E-state index contributed by atoms with van der Waals surface area (Å²) in [6.07, 6.45) is 1.81. The van der Waals surface area contributed by atoms with E-state index in [9.17, 15) is 0 Å². The lowest BCUT2D eigenvalue weighted by molar-refractivity contribution is 0.538. The van der Waals surface area contributed by atoms with Crippen molar-refractivity contribution < 1.29 is 0 Å². The molecule has 4 heteroatoms. The largest absolute Gasteiger partial charge is 0.382 e. The maximum Gasteiger partial charge on any atom is 0.149 e. The molecule has 0 unspecified atom stereocenters. The molecule has 0 radical (unpaired) electrons. The number of hydrogen-bond acceptors (Lipinski definition) is 3. The van der Waals surface area contributed by atoms with Gasteiger partial charge in [0, 0.05) is 17.3 Å². The van der Waals surface area contributed by atoms with E-state index in [1.165, 1.54) is 0 Å². The van der Waals surface area contributed by atoms with Gasteiger partial charge in [-0.25, -0.2) is 9.97 Å². The third-order valence-electron chi connectivity index (χ3n) is 3.11. The molecule has 2 aromatic rings. The summed E-state index contributed by atoms with van der Waals surface area (Å²) in [5, 5.41) is 0. The van der Waals surface area contributed by atoms with Gasteiger partial charge in [0.05, 0.1) is 5.69 Å². The Morgan fingerprint density at radius 2 is 1.89 bits per heavy atom. The van der Waals surface area contributed by atoms with Crippen LogP contribution >= 0.6 is 0 Å². The van der Waals surface area contributed by atoms with Crippen molar-refractivity contribution in [1.29, 1.82) is 0 Å². The lowest BCUT2D eigenvalue weighted by atomic mass is 9.96. The minimum atomic E-state index is -0.0192. The summed E-state index contributed by atoms with van der Waals surface area (Å²) in [7, 11) is 0. The van der Waals surface area contributed by atoms with Crippen LogP contribution in [0, 0.1) is 6.92 Å². The zero-order valence-electron chi connectivity index (χ0n) is 12.1. The van der Waals surface area contributed by atoms with Crippen LogP contribution in [0.5, 0.6) is 0 Å². The first-order chi connectivity index (χ1) is 8.23. The second-order valence-electron chi connectivity index (χ2n) is 6.19. The molecule has 0 aliphatic rings.